The molecular weight excluding hydrogens is 424 g/mol. The fourth-order valence-corrected chi connectivity index (χ4v) is 3.98. The summed E-state index contributed by atoms with van der Waals surface area (Å²) in [4.78, 5) is 17.5. The molecular formula is C26H27ClN2O3. The van der Waals surface area contributed by atoms with Crippen molar-refractivity contribution in [2.75, 3.05) is 33.3 Å². The van der Waals surface area contributed by atoms with Gasteiger partial charge in [-0.1, -0.05) is 41.9 Å². The molecule has 1 heterocycles. The van der Waals surface area contributed by atoms with Crippen LogP contribution in [0.1, 0.15) is 21.5 Å². The molecule has 0 unspecified atom stereocenters. The first kappa shape index (κ1) is 22.2. The van der Waals surface area contributed by atoms with Gasteiger partial charge < -0.3 is 14.4 Å². The van der Waals surface area contributed by atoms with E-state index in [9.17, 15) is 4.79 Å². The van der Waals surface area contributed by atoms with E-state index in [1.165, 1.54) is 5.56 Å². The summed E-state index contributed by atoms with van der Waals surface area (Å²) in [6.07, 6.45) is 0. The summed E-state index contributed by atoms with van der Waals surface area (Å²) >= 11 is 5.93. The quantitative estimate of drug-likeness (QED) is 0.514. The zero-order chi connectivity index (χ0) is 22.3. The zero-order valence-electron chi connectivity index (χ0n) is 18.2. The van der Waals surface area contributed by atoms with Crippen LogP contribution in [0.25, 0.3) is 0 Å². The highest BCUT2D eigenvalue weighted by Crippen LogP contribution is 2.24. The first-order valence-corrected chi connectivity index (χ1v) is 11.1. The molecule has 3 aromatic carbocycles. The van der Waals surface area contributed by atoms with E-state index in [1.807, 2.05) is 41.3 Å². The number of hydrogen-bond acceptors (Lipinski definition) is 4. The van der Waals surface area contributed by atoms with Gasteiger partial charge in [0.1, 0.15) is 18.1 Å². The normalized spacial score (nSPS) is 14.2. The van der Waals surface area contributed by atoms with Crippen LogP contribution in [-0.2, 0) is 13.2 Å². The Kier molecular flexibility index (Phi) is 7.30. The summed E-state index contributed by atoms with van der Waals surface area (Å²) in [6, 6.07) is 23.2. The van der Waals surface area contributed by atoms with Crippen LogP contribution in [0.3, 0.4) is 0 Å². The molecule has 1 aliphatic rings. The maximum absolute atomic E-state index is 13.1. The number of nitrogens with zero attached hydrogens (tertiary/aromatic N) is 2. The topological polar surface area (TPSA) is 42.0 Å². The Morgan fingerprint density at radius 2 is 1.66 bits per heavy atom. The van der Waals surface area contributed by atoms with E-state index < -0.39 is 0 Å². The second-order valence-electron chi connectivity index (χ2n) is 7.82. The summed E-state index contributed by atoms with van der Waals surface area (Å²) in [5.41, 5.74) is 2.78. The lowest BCUT2D eigenvalue weighted by Gasteiger charge is -2.35. The van der Waals surface area contributed by atoms with Gasteiger partial charge >= 0.3 is 0 Å². The number of methoxy groups -OCH3 is 1. The Hall–Kier alpha value is -3.02. The number of rotatable bonds is 7. The zero-order valence-corrected chi connectivity index (χ0v) is 18.9. The molecule has 4 rings (SSSR count). The lowest BCUT2D eigenvalue weighted by atomic mass is 10.1. The van der Waals surface area contributed by atoms with Crippen LogP contribution in [0.4, 0.5) is 0 Å². The Morgan fingerprint density at radius 3 is 2.34 bits per heavy atom. The highest BCUT2D eigenvalue weighted by Gasteiger charge is 2.23. The average molecular weight is 451 g/mol. The predicted molar refractivity (Wildman–Crippen MR) is 126 cm³/mol. The molecule has 1 amide bonds. The molecule has 1 fully saturated rings. The molecule has 3 aromatic rings. The number of carbonyl (C=O) groups is 1. The second-order valence-corrected chi connectivity index (χ2v) is 8.26. The van der Waals surface area contributed by atoms with Gasteiger partial charge in [0, 0.05) is 48.9 Å². The largest absolute Gasteiger partial charge is 0.496 e. The third kappa shape index (κ3) is 5.61. The van der Waals surface area contributed by atoms with Gasteiger partial charge in [-0.05, 0) is 48.0 Å². The van der Waals surface area contributed by atoms with E-state index in [0.717, 1.165) is 25.2 Å². The molecule has 0 bridgehead atoms. The van der Waals surface area contributed by atoms with Gasteiger partial charge in [-0.3, -0.25) is 9.69 Å². The Morgan fingerprint density at radius 1 is 0.938 bits per heavy atom. The van der Waals surface area contributed by atoms with Crippen molar-refractivity contribution in [2.24, 2.45) is 0 Å². The summed E-state index contributed by atoms with van der Waals surface area (Å²) in [7, 11) is 1.62. The summed E-state index contributed by atoms with van der Waals surface area (Å²) in [5, 5.41) is 0.659. The SMILES string of the molecule is COc1ccc(C(=O)N2CCN(Cc3ccccc3)CC2)cc1COc1ccc(Cl)cc1. The molecule has 5 nitrogen and oxygen atoms in total. The molecule has 0 spiro atoms. The predicted octanol–water partition coefficient (Wildman–Crippen LogP) is 4.89. The summed E-state index contributed by atoms with van der Waals surface area (Å²) in [5.74, 6) is 1.45. The number of halogens is 1. The minimum Gasteiger partial charge on any atom is -0.496 e. The molecule has 1 aliphatic heterocycles. The van der Waals surface area contributed by atoms with Gasteiger partial charge in [0.15, 0.2) is 0 Å². The van der Waals surface area contributed by atoms with Crippen molar-refractivity contribution in [3.63, 3.8) is 0 Å². The van der Waals surface area contributed by atoms with Crippen molar-refractivity contribution < 1.29 is 14.3 Å². The standard InChI is InChI=1S/C26H27ClN2O3/c1-31-25-12-7-21(17-22(25)19-32-24-10-8-23(27)9-11-24)26(30)29-15-13-28(14-16-29)18-20-5-3-2-4-6-20/h2-12,17H,13-16,18-19H2,1H3. The summed E-state index contributed by atoms with van der Waals surface area (Å²) in [6.45, 7) is 4.38. The number of hydrogen-bond donors (Lipinski definition) is 0. The Labute approximate surface area is 194 Å². The van der Waals surface area contributed by atoms with Gasteiger partial charge in [-0.25, -0.2) is 0 Å². The van der Waals surface area contributed by atoms with Crippen LogP contribution >= 0.6 is 11.6 Å². The number of carbonyl (C=O) groups excluding carboxylic acids is 1. The van der Waals surface area contributed by atoms with E-state index in [1.54, 1.807) is 19.2 Å². The van der Waals surface area contributed by atoms with E-state index in [-0.39, 0.29) is 5.91 Å². The fraction of sp³-hybridized carbons (Fsp3) is 0.269. The van der Waals surface area contributed by atoms with Crippen LogP contribution in [0.5, 0.6) is 11.5 Å². The number of piperazine rings is 1. The lowest BCUT2D eigenvalue weighted by molar-refractivity contribution is 0.0628. The van der Waals surface area contributed by atoms with Gasteiger partial charge in [-0.15, -0.1) is 0 Å². The Balaban J connectivity index is 1.38. The molecule has 166 valence electrons. The molecule has 1 saturated heterocycles. The van der Waals surface area contributed by atoms with Gasteiger partial charge in [-0.2, -0.15) is 0 Å². The first-order valence-electron chi connectivity index (χ1n) is 10.7. The van der Waals surface area contributed by atoms with Crippen LogP contribution in [-0.4, -0.2) is 49.0 Å². The van der Waals surface area contributed by atoms with Crippen molar-refractivity contribution in [1.29, 1.82) is 0 Å². The van der Waals surface area contributed by atoms with Gasteiger partial charge in [0.25, 0.3) is 5.91 Å². The van der Waals surface area contributed by atoms with E-state index in [4.69, 9.17) is 21.1 Å². The smallest absolute Gasteiger partial charge is 0.253 e. The third-order valence-corrected chi connectivity index (χ3v) is 5.90. The van der Waals surface area contributed by atoms with E-state index >= 15 is 0 Å². The summed E-state index contributed by atoms with van der Waals surface area (Å²) < 4.78 is 11.3. The molecule has 0 saturated carbocycles. The minimum absolute atomic E-state index is 0.0414. The van der Waals surface area contributed by atoms with Crippen molar-refractivity contribution in [3.05, 3.63) is 94.5 Å². The average Bonchev–Trinajstić information content (AvgIpc) is 2.84. The number of amides is 1. The molecule has 0 aliphatic carbocycles. The van der Waals surface area contributed by atoms with Gasteiger partial charge in [0.2, 0.25) is 0 Å². The van der Waals surface area contributed by atoms with Crippen LogP contribution in [0.15, 0.2) is 72.8 Å². The monoisotopic (exact) mass is 450 g/mol. The molecule has 6 heteroatoms. The molecule has 0 radical (unpaired) electrons. The van der Waals surface area contributed by atoms with E-state index in [0.29, 0.717) is 41.8 Å². The van der Waals surface area contributed by atoms with Gasteiger partial charge in [0.05, 0.1) is 7.11 Å². The van der Waals surface area contributed by atoms with Crippen LogP contribution in [0.2, 0.25) is 5.02 Å². The van der Waals surface area contributed by atoms with Crippen LogP contribution in [0, 0.1) is 0 Å². The molecule has 32 heavy (non-hydrogen) atoms. The molecule has 0 N–H and O–H groups in total. The maximum Gasteiger partial charge on any atom is 0.253 e. The Bertz CT molecular complexity index is 1030. The highest BCUT2D eigenvalue weighted by atomic mass is 35.5. The highest BCUT2D eigenvalue weighted by molar-refractivity contribution is 6.30. The van der Waals surface area contributed by atoms with Crippen molar-refractivity contribution in [1.82, 2.24) is 9.80 Å². The van der Waals surface area contributed by atoms with E-state index in [2.05, 4.69) is 29.2 Å². The first-order chi connectivity index (χ1) is 15.6. The second kappa shape index (κ2) is 10.5. The number of ether oxygens (including phenoxy) is 2. The van der Waals surface area contributed by atoms with Crippen molar-refractivity contribution in [2.45, 2.75) is 13.2 Å². The van der Waals surface area contributed by atoms with Crippen molar-refractivity contribution >= 4 is 17.5 Å². The van der Waals surface area contributed by atoms with Crippen molar-refractivity contribution in [3.8, 4) is 11.5 Å². The molecule has 0 aromatic heterocycles. The fourth-order valence-electron chi connectivity index (χ4n) is 3.85. The van der Waals surface area contributed by atoms with Crippen LogP contribution < -0.4 is 9.47 Å². The third-order valence-electron chi connectivity index (χ3n) is 5.64. The number of benzene rings is 3. The minimum atomic E-state index is 0.0414. The maximum atomic E-state index is 13.1. The lowest BCUT2D eigenvalue weighted by Crippen LogP contribution is -2.48. The molecule has 0 atom stereocenters.